The molecule has 1 aromatic heterocycles. The minimum atomic E-state index is -4.04. The smallest absolute Gasteiger partial charge is 0.336 e. The van der Waals surface area contributed by atoms with Gasteiger partial charge in [-0.05, 0) is 30.7 Å². The average Bonchev–Trinajstić information content (AvgIpc) is 2.38. The highest BCUT2D eigenvalue weighted by atomic mass is 19.2. The Morgan fingerprint density at radius 2 is 1.64 bits per heavy atom. The van der Waals surface area contributed by atoms with Gasteiger partial charge in [0.05, 0.1) is 16.8 Å². The topological polar surface area (TPSA) is 110 Å². The van der Waals surface area contributed by atoms with Gasteiger partial charge in [0.2, 0.25) is 0 Å². The van der Waals surface area contributed by atoms with Crippen LogP contribution in [0.1, 0.15) is 16.7 Å². The van der Waals surface area contributed by atoms with Crippen molar-refractivity contribution in [2.75, 3.05) is 0 Å². The number of benzene rings is 1. The van der Waals surface area contributed by atoms with Gasteiger partial charge in [-0.3, -0.25) is 5.41 Å². The third-order valence-electron chi connectivity index (χ3n) is 3.06. The lowest BCUT2D eigenvalue weighted by molar-refractivity contribution is -0.290. The second-order valence-electron chi connectivity index (χ2n) is 4.84. The first-order valence-electron chi connectivity index (χ1n) is 6.17. The van der Waals surface area contributed by atoms with Gasteiger partial charge in [0, 0.05) is 6.20 Å². The zero-order chi connectivity index (χ0) is 16.7. The number of alkyl halides is 2. The highest BCUT2D eigenvalue weighted by Crippen LogP contribution is 2.35. The van der Waals surface area contributed by atoms with Crippen LogP contribution in [0, 0.1) is 12.3 Å². The summed E-state index contributed by atoms with van der Waals surface area (Å²) in [6, 6.07) is -1.93. The van der Waals surface area contributed by atoms with Crippen molar-refractivity contribution in [3.8, 4) is 5.69 Å². The lowest BCUT2D eigenvalue weighted by Gasteiger charge is -2.24. The minimum absolute atomic E-state index is 0.159. The molecule has 0 fully saturated rings. The third-order valence-corrected chi connectivity index (χ3v) is 3.06. The molecule has 0 atom stereocenters. The first kappa shape index (κ1) is 16.2. The Morgan fingerprint density at radius 1 is 1.00 bits per heavy atom. The van der Waals surface area contributed by atoms with E-state index in [1.165, 1.54) is 18.3 Å². The summed E-state index contributed by atoms with van der Waals surface area (Å²) in [5.41, 5.74) is -2.00. The number of aromatic nitrogens is 1. The van der Waals surface area contributed by atoms with Gasteiger partial charge >= 0.3 is 12.1 Å². The number of aryl methyl sites for hydroxylation is 1. The Balaban J connectivity index is 2.88. The number of hydrogen-bond donors (Lipinski definition) is 5. The van der Waals surface area contributed by atoms with E-state index in [2.05, 4.69) is 0 Å². The Kier molecular flexibility index (Phi) is 3.88. The highest BCUT2D eigenvalue weighted by molar-refractivity contribution is 5.49. The standard InChI is InChI=1S/C14H14F2N2O4/c1-8-5-6-11(17)18(7-8)10-4-2-3-9(13(15,19)20)12(10)14(16,21)22/h2-7,17,19-22H,1H3. The third kappa shape index (κ3) is 3.04. The first-order valence-corrected chi connectivity index (χ1v) is 6.17. The van der Waals surface area contributed by atoms with Crippen molar-refractivity contribution in [2.24, 2.45) is 0 Å². The van der Waals surface area contributed by atoms with Crippen molar-refractivity contribution < 1.29 is 29.2 Å². The number of nitrogens with zero attached hydrogens (tertiary/aromatic N) is 1. The number of hydrogen-bond acceptors (Lipinski definition) is 5. The monoisotopic (exact) mass is 312 g/mol. The van der Waals surface area contributed by atoms with Crippen molar-refractivity contribution in [1.82, 2.24) is 4.57 Å². The lowest BCUT2D eigenvalue weighted by Crippen LogP contribution is -2.31. The normalized spacial score (nSPS) is 12.5. The molecule has 5 N–H and O–H groups in total. The number of halogens is 2. The van der Waals surface area contributed by atoms with Crippen LogP contribution in [-0.4, -0.2) is 25.0 Å². The zero-order valence-corrected chi connectivity index (χ0v) is 11.5. The van der Waals surface area contributed by atoms with Gasteiger partial charge in [-0.2, -0.15) is 8.78 Å². The molecular formula is C14H14F2N2O4. The summed E-state index contributed by atoms with van der Waals surface area (Å²) in [5, 5.41) is 44.5. The predicted octanol–water partition coefficient (Wildman–Crippen LogP) is 0.394. The number of pyridine rings is 1. The van der Waals surface area contributed by atoms with Crippen LogP contribution in [0.5, 0.6) is 0 Å². The molecule has 0 aliphatic carbocycles. The van der Waals surface area contributed by atoms with Crippen molar-refractivity contribution in [1.29, 1.82) is 5.41 Å². The van der Waals surface area contributed by atoms with Crippen LogP contribution in [0.25, 0.3) is 5.69 Å². The molecule has 0 spiro atoms. The molecule has 0 unspecified atom stereocenters. The van der Waals surface area contributed by atoms with Crippen molar-refractivity contribution in [3.63, 3.8) is 0 Å². The maximum absolute atomic E-state index is 13.7. The molecule has 0 bridgehead atoms. The molecule has 2 aromatic rings. The molecule has 1 aromatic carbocycles. The molecule has 118 valence electrons. The van der Waals surface area contributed by atoms with Gasteiger partial charge in [-0.15, -0.1) is 0 Å². The molecule has 8 heteroatoms. The van der Waals surface area contributed by atoms with Gasteiger partial charge in [-0.1, -0.05) is 12.1 Å². The molecule has 0 radical (unpaired) electrons. The summed E-state index contributed by atoms with van der Waals surface area (Å²) >= 11 is 0. The van der Waals surface area contributed by atoms with Crippen LogP contribution in [0.4, 0.5) is 8.78 Å². The van der Waals surface area contributed by atoms with Gasteiger partial charge in [0.15, 0.2) is 0 Å². The van der Waals surface area contributed by atoms with Crippen LogP contribution in [-0.2, 0) is 12.1 Å². The average molecular weight is 312 g/mol. The summed E-state index contributed by atoms with van der Waals surface area (Å²) in [4.78, 5) is 0. The maximum atomic E-state index is 13.7. The second kappa shape index (κ2) is 5.25. The second-order valence-corrected chi connectivity index (χ2v) is 4.84. The van der Waals surface area contributed by atoms with E-state index in [1.54, 1.807) is 13.0 Å². The quantitative estimate of drug-likeness (QED) is 0.528. The summed E-state index contributed by atoms with van der Waals surface area (Å²) in [5.74, 6) is 0. The lowest BCUT2D eigenvalue weighted by atomic mass is 10.0. The molecular weight excluding hydrogens is 298 g/mol. The van der Waals surface area contributed by atoms with Crippen LogP contribution in [0.2, 0.25) is 0 Å². The zero-order valence-electron chi connectivity index (χ0n) is 11.5. The van der Waals surface area contributed by atoms with Crippen molar-refractivity contribution in [3.05, 3.63) is 58.7 Å². The van der Waals surface area contributed by atoms with E-state index in [1.807, 2.05) is 0 Å². The SMILES string of the molecule is Cc1ccc(=N)n(-c2cccc(C(O)(O)F)c2C(O)(O)F)c1. The predicted molar refractivity (Wildman–Crippen MR) is 70.8 cm³/mol. The largest absolute Gasteiger partial charge is 0.346 e. The molecule has 0 aliphatic heterocycles. The van der Waals surface area contributed by atoms with E-state index >= 15 is 0 Å². The van der Waals surface area contributed by atoms with E-state index in [-0.39, 0.29) is 11.2 Å². The van der Waals surface area contributed by atoms with Crippen LogP contribution in [0.3, 0.4) is 0 Å². The minimum Gasteiger partial charge on any atom is -0.336 e. The Labute approximate surface area is 123 Å². The fraction of sp³-hybridized carbons (Fsp3) is 0.214. The fourth-order valence-corrected chi connectivity index (χ4v) is 2.15. The van der Waals surface area contributed by atoms with Gasteiger partial charge < -0.3 is 25.0 Å². The fourth-order valence-electron chi connectivity index (χ4n) is 2.15. The summed E-state index contributed by atoms with van der Waals surface area (Å²) < 4.78 is 28.2. The van der Waals surface area contributed by atoms with Gasteiger partial charge in [-0.25, -0.2) is 0 Å². The Hall–Kier alpha value is -2.13. The molecule has 2 rings (SSSR count). The maximum Gasteiger partial charge on any atom is 0.346 e. The molecule has 22 heavy (non-hydrogen) atoms. The van der Waals surface area contributed by atoms with Gasteiger partial charge in [0.25, 0.3) is 0 Å². The van der Waals surface area contributed by atoms with Crippen molar-refractivity contribution in [2.45, 2.75) is 19.0 Å². The first-order chi connectivity index (χ1) is 10.0. The molecule has 0 saturated carbocycles. The van der Waals surface area contributed by atoms with Crippen LogP contribution < -0.4 is 5.49 Å². The summed E-state index contributed by atoms with van der Waals surface area (Å²) in [7, 11) is 0. The molecule has 0 amide bonds. The molecule has 0 saturated heterocycles. The summed E-state index contributed by atoms with van der Waals surface area (Å²) in [6.45, 7) is 1.68. The Morgan fingerprint density at radius 3 is 2.18 bits per heavy atom. The van der Waals surface area contributed by atoms with Crippen molar-refractivity contribution >= 4 is 0 Å². The highest BCUT2D eigenvalue weighted by Gasteiger charge is 2.39. The van der Waals surface area contributed by atoms with E-state index in [9.17, 15) is 19.0 Å². The summed E-state index contributed by atoms with van der Waals surface area (Å²) in [6.07, 6.45) is 1.38. The number of aliphatic hydroxyl groups is 4. The van der Waals surface area contributed by atoms with E-state index in [0.717, 1.165) is 16.7 Å². The van der Waals surface area contributed by atoms with Crippen LogP contribution >= 0.6 is 0 Å². The van der Waals surface area contributed by atoms with Crippen LogP contribution in [0.15, 0.2) is 36.5 Å². The molecule has 1 heterocycles. The molecule has 0 aliphatic rings. The van der Waals surface area contributed by atoms with E-state index < -0.39 is 23.2 Å². The Bertz CT molecular complexity index is 761. The number of nitrogens with one attached hydrogen (secondary N) is 1. The molecule has 6 nitrogen and oxygen atoms in total. The van der Waals surface area contributed by atoms with E-state index in [0.29, 0.717) is 5.56 Å². The van der Waals surface area contributed by atoms with E-state index in [4.69, 9.17) is 15.6 Å². The van der Waals surface area contributed by atoms with Gasteiger partial charge in [0.1, 0.15) is 5.49 Å². The number of rotatable bonds is 3.